The topological polar surface area (TPSA) is 101 Å². The number of carbonyl (C=O) groups excluding carboxylic acids is 1. The molecule has 7 heteroatoms. The zero-order chi connectivity index (χ0) is 12.7. The fourth-order valence-corrected chi connectivity index (χ4v) is 1.07. The fourth-order valence-electron chi connectivity index (χ4n) is 1.07. The standard InChI is InChI=1S/C10H13N3O4/c1-17-3-2-12-10(16)13-8-4-7(9(14)15)5-11-6-8/h4-6H,2-3H2,1H3,(H,14,15)(H2,12,13,16). The van der Waals surface area contributed by atoms with Crippen molar-refractivity contribution in [2.24, 2.45) is 0 Å². The normalized spacial score (nSPS) is 9.71. The molecule has 1 aromatic heterocycles. The lowest BCUT2D eigenvalue weighted by Crippen LogP contribution is -2.31. The van der Waals surface area contributed by atoms with E-state index in [1.165, 1.54) is 25.6 Å². The molecule has 0 aliphatic heterocycles. The van der Waals surface area contributed by atoms with Crippen molar-refractivity contribution in [3.05, 3.63) is 24.0 Å². The van der Waals surface area contributed by atoms with E-state index >= 15 is 0 Å². The summed E-state index contributed by atoms with van der Waals surface area (Å²) in [6.45, 7) is 0.773. The van der Waals surface area contributed by atoms with Crippen molar-refractivity contribution < 1.29 is 19.4 Å². The molecule has 7 nitrogen and oxygen atoms in total. The van der Waals surface area contributed by atoms with E-state index in [0.717, 1.165) is 0 Å². The van der Waals surface area contributed by atoms with Crippen LogP contribution in [0.1, 0.15) is 10.4 Å². The van der Waals surface area contributed by atoms with Crippen molar-refractivity contribution in [3.63, 3.8) is 0 Å². The number of anilines is 1. The van der Waals surface area contributed by atoms with Gasteiger partial charge >= 0.3 is 12.0 Å². The van der Waals surface area contributed by atoms with Gasteiger partial charge in [-0.3, -0.25) is 4.98 Å². The van der Waals surface area contributed by atoms with E-state index < -0.39 is 12.0 Å². The summed E-state index contributed by atoms with van der Waals surface area (Å²) in [5.74, 6) is -1.10. The number of pyridine rings is 1. The molecule has 17 heavy (non-hydrogen) atoms. The number of rotatable bonds is 5. The third-order valence-corrected chi connectivity index (χ3v) is 1.83. The number of urea groups is 1. The van der Waals surface area contributed by atoms with Gasteiger partial charge in [-0.15, -0.1) is 0 Å². The number of hydrogen-bond acceptors (Lipinski definition) is 4. The minimum atomic E-state index is -1.10. The van der Waals surface area contributed by atoms with Gasteiger partial charge in [0.15, 0.2) is 0 Å². The van der Waals surface area contributed by atoms with Crippen LogP contribution in [0.3, 0.4) is 0 Å². The summed E-state index contributed by atoms with van der Waals surface area (Å²) in [4.78, 5) is 25.7. The second-order valence-electron chi connectivity index (χ2n) is 3.14. The Morgan fingerprint density at radius 2 is 2.24 bits per heavy atom. The van der Waals surface area contributed by atoms with Gasteiger partial charge in [0.2, 0.25) is 0 Å². The third kappa shape index (κ3) is 4.47. The van der Waals surface area contributed by atoms with Gasteiger partial charge in [-0.05, 0) is 6.07 Å². The zero-order valence-corrected chi connectivity index (χ0v) is 9.27. The Balaban J connectivity index is 2.53. The summed E-state index contributed by atoms with van der Waals surface area (Å²) in [7, 11) is 1.53. The molecular formula is C10H13N3O4. The molecule has 0 aliphatic carbocycles. The van der Waals surface area contributed by atoms with E-state index in [1.54, 1.807) is 0 Å². The number of hydrogen-bond donors (Lipinski definition) is 3. The summed E-state index contributed by atoms with van der Waals surface area (Å²) in [6.07, 6.45) is 2.57. The Bertz CT molecular complexity index is 408. The number of methoxy groups -OCH3 is 1. The molecule has 0 aromatic carbocycles. The lowest BCUT2D eigenvalue weighted by Gasteiger charge is -2.07. The van der Waals surface area contributed by atoms with Gasteiger partial charge in [0.25, 0.3) is 0 Å². The maximum atomic E-state index is 11.3. The van der Waals surface area contributed by atoms with E-state index in [2.05, 4.69) is 15.6 Å². The maximum absolute atomic E-state index is 11.3. The lowest BCUT2D eigenvalue weighted by molar-refractivity contribution is 0.0696. The van der Waals surface area contributed by atoms with Crippen molar-refractivity contribution >= 4 is 17.7 Å². The highest BCUT2D eigenvalue weighted by atomic mass is 16.5. The first-order valence-electron chi connectivity index (χ1n) is 4.85. The molecule has 0 spiro atoms. The van der Waals surface area contributed by atoms with Crippen LogP contribution in [-0.4, -0.2) is 42.4 Å². The van der Waals surface area contributed by atoms with E-state index in [4.69, 9.17) is 9.84 Å². The average Bonchev–Trinajstić information content (AvgIpc) is 2.29. The van der Waals surface area contributed by atoms with Crippen molar-refractivity contribution in [2.75, 3.05) is 25.6 Å². The summed E-state index contributed by atoms with van der Waals surface area (Å²) in [6, 6.07) is 0.886. The second-order valence-corrected chi connectivity index (χ2v) is 3.14. The third-order valence-electron chi connectivity index (χ3n) is 1.83. The van der Waals surface area contributed by atoms with E-state index in [-0.39, 0.29) is 5.56 Å². The zero-order valence-electron chi connectivity index (χ0n) is 9.27. The van der Waals surface area contributed by atoms with Crippen LogP contribution in [0.5, 0.6) is 0 Å². The molecule has 1 rings (SSSR count). The van der Waals surface area contributed by atoms with Gasteiger partial charge in [0, 0.05) is 19.9 Å². The summed E-state index contributed by atoms with van der Waals surface area (Å²) < 4.78 is 4.76. The number of amides is 2. The van der Waals surface area contributed by atoms with Crippen LogP contribution in [0, 0.1) is 0 Å². The summed E-state index contributed by atoms with van der Waals surface area (Å²) in [5.41, 5.74) is 0.333. The molecule has 2 amide bonds. The molecule has 0 radical (unpaired) electrons. The smallest absolute Gasteiger partial charge is 0.337 e. The van der Waals surface area contributed by atoms with Crippen molar-refractivity contribution in [3.8, 4) is 0 Å². The van der Waals surface area contributed by atoms with Gasteiger partial charge in [0.05, 0.1) is 24.1 Å². The number of nitrogens with one attached hydrogen (secondary N) is 2. The Labute approximate surface area is 97.8 Å². The van der Waals surface area contributed by atoms with E-state index in [0.29, 0.717) is 18.8 Å². The lowest BCUT2D eigenvalue weighted by atomic mass is 10.3. The van der Waals surface area contributed by atoms with Crippen molar-refractivity contribution in [1.29, 1.82) is 0 Å². The Morgan fingerprint density at radius 1 is 1.47 bits per heavy atom. The number of aromatic carboxylic acids is 1. The number of ether oxygens (including phenoxy) is 1. The summed E-state index contributed by atoms with van der Waals surface area (Å²) >= 11 is 0. The first kappa shape index (κ1) is 12.9. The van der Waals surface area contributed by atoms with Gasteiger partial charge in [-0.1, -0.05) is 0 Å². The largest absolute Gasteiger partial charge is 0.478 e. The van der Waals surface area contributed by atoms with Gasteiger partial charge < -0.3 is 20.5 Å². The molecule has 92 valence electrons. The number of carbonyl (C=O) groups is 2. The van der Waals surface area contributed by atoms with E-state index in [1.807, 2.05) is 0 Å². The highest BCUT2D eigenvalue weighted by molar-refractivity contribution is 5.92. The van der Waals surface area contributed by atoms with Gasteiger partial charge in [-0.2, -0.15) is 0 Å². The number of carboxylic acid groups (broad SMARTS) is 1. The van der Waals surface area contributed by atoms with Crippen LogP contribution in [-0.2, 0) is 4.74 Å². The number of aromatic nitrogens is 1. The number of carboxylic acids is 1. The molecule has 0 bridgehead atoms. The monoisotopic (exact) mass is 239 g/mol. The predicted molar refractivity (Wildman–Crippen MR) is 60.1 cm³/mol. The quantitative estimate of drug-likeness (QED) is 0.651. The Kier molecular flexibility index (Phi) is 4.89. The number of nitrogens with zero attached hydrogens (tertiary/aromatic N) is 1. The van der Waals surface area contributed by atoms with Crippen LogP contribution in [0.2, 0.25) is 0 Å². The average molecular weight is 239 g/mol. The van der Waals surface area contributed by atoms with E-state index in [9.17, 15) is 9.59 Å². The minimum absolute atomic E-state index is 0.0136. The fraction of sp³-hybridized carbons (Fsp3) is 0.300. The summed E-state index contributed by atoms with van der Waals surface area (Å²) in [5, 5.41) is 13.7. The minimum Gasteiger partial charge on any atom is -0.478 e. The van der Waals surface area contributed by atoms with Crippen molar-refractivity contribution in [1.82, 2.24) is 10.3 Å². The molecule has 3 N–H and O–H groups in total. The Morgan fingerprint density at radius 3 is 2.88 bits per heavy atom. The van der Waals surface area contributed by atoms with Crippen LogP contribution in [0.15, 0.2) is 18.5 Å². The van der Waals surface area contributed by atoms with Gasteiger partial charge in [0.1, 0.15) is 0 Å². The second kappa shape index (κ2) is 6.44. The SMILES string of the molecule is COCCNC(=O)Nc1cncc(C(=O)O)c1. The predicted octanol–water partition coefficient (Wildman–Crippen LogP) is 0.548. The molecule has 0 aliphatic rings. The molecule has 1 aromatic rings. The maximum Gasteiger partial charge on any atom is 0.337 e. The highest BCUT2D eigenvalue weighted by Gasteiger charge is 2.06. The van der Waals surface area contributed by atoms with Crippen LogP contribution in [0.4, 0.5) is 10.5 Å². The molecular weight excluding hydrogens is 226 g/mol. The van der Waals surface area contributed by atoms with Crippen LogP contribution >= 0.6 is 0 Å². The molecule has 0 unspecified atom stereocenters. The highest BCUT2D eigenvalue weighted by Crippen LogP contribution is 2.07. The molecule has 0 saturated heterocycles. The Hall–Kier alpha value is -2.15. The van der Waals surface area contributed by atoms with Crippen molar-refractivity contribution in [2.45, 2.75) is 0 Å². The van der Waals surface area contributed by atoms with Crippen LogP contribution in [0.25, 0.3) is 0 Å². The molecule has 0 atom stereocenters. The van der Waals surface area contributed by atoms with Crippen LogP contribution < -0.4 is 10.6 Å². The first-order chi connectivity index (χ1) is 8.13. The molecule has 0 fully saturated rings. The molecule has 0 saturated carbocycles. The van der Waals surface area contributed by atoms with Gasteiger partial charge in [-0.25, -0.2) is 9.59 Å². The molecule has 1 heterocycles. The first-order valence-corrected chi connectivity index (χ1v) is 4.85.